The lowest BCUT2D eigenvalue weighted by Gasteiger charge is -2.26. The van der Waals surface area contributed by atoms with Crippen molar-refractivity contribution >= 4 is 29.3 Å². The van der Waals surface area contributed by atoms with Crippen LogP contribution in [0, 0.1) is 29.4 Å². The second-order valence-corrected chi connectivity index (χ2v) is 13.8. The molecule has 0 spiro atoms. The molecule has 3 aliphatic carbocycles. The number of allylic oxidation sites excluding steroid dienone is 2. The van der Waals surface area contributed by atoms with Crippen LogP contribution in [-0.2, 0) is 12.8 Å². The van der Waals surface area contributed by atoms with Crippen LogP contribution in [0.3, 0.4) is 0 Å². The number of carbonyl (C=O) groups is 1. The summed E-state index contributed by atoms with van der Waals surface area (Å²) in [5.74, 6) is -0.168. The van der Waals surface area contributed by atoms with E-state index < -0.39 is 5.97 Å². The summed E-state index contributed by atoms with van der Waals surface area (Å²) in [6.45, 7) is 2.27. The minimum atomic E-state index is -1.10. The predicted molar refractivity (Wildman–Crippen MR) is 165 cm³/mol. The van der Waals surface area contributed by atoms with Gasteiger partial charge in [0.1, 0.15) is 11.6 Å². The molecule has 3 atom stereocenters. The van der Waals surface area contributed by atoms with Crippen molar-refractivity contribution in [3.8, 4) is 16.4 Å². The SMILES string of the molecule is CC1CC2=CC(c3cc(-c4nn(-c5nc(C(=O)O)cs5)c(CC5CC5)c4Cc4ccc(SN)c(F)c4)ccc3F)C(C2)C1. The van der Waals surface area contributed by atoms with Gasteiger partial charge in [-0.1, -0.05) is 24.6 Å². The van der Waals surface area contributed by atoms with Crippen LogP contribution in [-0.4, -0.2) is 25.8 Å². The quantitative estimate of drug-likeness (QED) is 0.146. The van der Waals surface area contributed by atoms with Crippen molar-refractivity contribution in [3.05, 3.63) is 93.1 Å². The van der Waals surface area contributed by atoms with Crippen molar-refractivity contribution in [2.45, 2.75) is 62.7 Å². The summed E-state index contributed by atoms with van der Waals surface area (Å²) in [5, 5.41) is 22.2. The molecule has 222 valence electrons. The number of hydrogen-bond donors (Lipinski definition) is 2. The molecule has 4 aromatic rings. The minimum Gasteiger partial charge on any atom is -0.476 e. The van der Waals surface area contributed by atoms with Crippen molar-refractivity contribution < 1.29 is 18.7 Å². The average molecular weight is 619 g/mol. The summed E-state index contributed by atoms with van der Waals surface area (Å²) in [4.78, 5) is 16.4. The second kappa shape index (κ2) is 11.3. The van der Waals surface area contributed by atoms with Crippen molar-refractivity contribution in [2.75, 3.05) is 0 Å². The van der Waals surface area contributed by atoms with Gasteiger partial charge in [-0.2, -0.15) is 5.10 Å². The molecule has 7 rings (SSSR count). The maximum atomic E-state index is 15.5. The molecular weight excluding hydrogens is 587 g/mol. The van der Waals surface area contributed by atoms with Crippen LogP contribution in [0.4, 0.5) is 8.78 Å². The third-order valence-corrected chi connectivity index (χ3v) is 10.5. The number of thiazole rings is 1. The maximum absolute atomic E-state index is 15.5. The van der Waals surface area contributed by atoms with Crippen LogP contribution in [0.15, 0.2) is 58.3 Å². The molecule has 10 heteroatoms. The van der Waals surface area contributed by atoms with Gasteiger partial charge in [-0.25, -0.2) is 23.2 Å². The van der Waals surface area contributed by atoms with E-state index in [-0.39, 0.29) is 23.2 Å². The molecule has 3 aliphatic rings. The summed E-state index contributed by atoms with van der Waals surface area (Å²) in [7, 11) is 0. The van der Waals surface area contributed by atoms with Crippen LogP contribution in [0.5, 0.6) is 0 Å². The molecule has 6 nitrogen and oxygen atoms in total. The third-order valence-electron chi connectivity index (χ3n) is 9.06. The van der Waals surface area contributed by atoms with Gasteiger partial charge < -0.3 is 5.11 Å². The number of aromatic carboxylic acids is 1. The van der Waals surface area contributed by atoms with E-state index >= 15 is 4.39 Å². The van der Waals surface area contributed by atoms with Gasteiger partial charge in [0, 0.05) is 28.8 Å². The molecule has 0 aliphatic heterocycles. The topological polar surface area (TPSA) is 94.0 Å². The van der Waals surface area contributed by atoms with Gasteiger partial charge in [-0.15, -0.1) is 11.3 Å². The zero-order valence-corrected chi connectivity index (χ0v) is 25.4. The predicted octanol–water partition coefficient (Wildman–Crippen LogP) is 7.94. The van der Waals surface area contributed by atoms with Gasteiger partial charge in [-0.3, -0.25) is 5.14 Å². The fraction of sp³-hybridized carbons (Fsp3) is 0.364. The van der Waals surface area contributed by atoms with Crippen molar-refractivity contribution in [1.82, 2.24) is 14.8 Å². The standard InChI is InChI=1S/C33H32F2N4O2S2/c1-17-8-20-10-22(9-17)23(12-20)24-15-21(5-6-26(24)34)31-25(11-19-4-7-30(43-36)27(35)13-19)29(14-18-2-3-18)39(38-31)33-37-28(16-42-33)32(40)41/h4-7,12-13,15-18,22-23H,2-3,8-11,14,36H2,1H3,(H,40,41). The Hall–Kier alpha value is -3.34. The highest BCUT2D eigenvalue weighted by Crippen LogP contribution is 2.49. The molecule has 2 aromatic heterocycles. The van der Waals surface area contributed by atoms with E-state index in [9.17, 15) is 14.3 Å². The zero-order chi connectivity index (χ0) is 29.8. The van der Waals surface area contributed by atoms with Crippen LogP contribution < -0.4 is 5.14 Å². The zero-order valence-electron chi connectivity index (χ0n) is 23.7. The molecule has 0 radical (unpaired) electrons. The molecule has 2 aromatic carbocycles. The van der Waals surface area contributed by atoms with Crippen molar-refractivity contribution in [3.63, 3.8) is 0 Å². The van der Waals surface area contributed by atoms with Gasteiger partial charge in [0.05, 0.1) is 16.3 Å². The number of aromatic nitrogens is 3. The highest BCUT2D eigenvalue weighted by atomic mass is 32.2. The van der Waals surface area contributed by atoms with Gasteiger partial charge >= 0.3 is 5.97 Å². The molecule has 0 saturated heterocycles. The minimum absolute atomic E-state index is 0.0314. The smallest absolute Gasteiger partial charge is 0.355 e. The summed E-state index contributed by atoms with van der Waals surface area (Å²) < 4.78 is 32.1. The lowest BCUT2D eigenvalue weighted by molar-refractivity contribution is 0.0691. The number of benzene rings is 2. The first-order valence-corrected chi connectivity index (χ1v) is 16.5. The monoisotopic (exact) mass is 618 g/mol. The summed E-state index contributed by atoms with van der Waals surface area (Å²) in [6.07, 6.45) is 8.82. The highest BCUT2D eigenvalue weighted by molar-refractivity contribution is 7.97. The van der Waals surface area contributed by atoms with E-state index in [0.29, 0.717) is 45.5 Å². The molecule has 2 saturated carbocycles. The molecular formula is C33H32F2N4O2S2. The number of rotatable bonds is 9. The Labute approximate surface area is 257 Å². The number of carboxylic acids is 1. The maximum Gasteiger partial charge on any atom is 0.355 e. The van der Waals surface area contributed by atoms with E-state index in [1.165, 1.54) is 34.4 Å². The molecule has 3 unspecified atom stereocenters. The van der Waals surface area contributed by atoms with E-state index in [2.05, 4.69) is 18.0 Å². The largest absolute Gasteiger partial charge is 0.476 e. The Morgan fingerprint density at radius 2 is 2.00 bits per heavy atom. The number of halogens is 2. The molecule has 2 heterocycles. The number of carboxylic acid groups (broad SMARTS) is 1. The normalized spacial score (nSPS) is 21.3. The van der Waals surface area contributed by atoms with Crippen LogP contribution in [0.2, 0.25) is 0 Å². The summed E-state index contributed by atoms with van der Waals surface area (Å²) >= 11 is 2.10. The van der Waals surface area contributed by atoms with E-state index in [1.54, 1.807) is 16.8 Å². The van der Waals surface area contributed by atoms with Gasteiger partial charge in [0.25, 0.3) is 0 Å². The Bertz CT molecular complexity index is 1760. The fourth-order valence-corrected chi connectivity index (χ4v) is 8.01. The van der Waals surface area contributed by atoms with Crippen molar-refractivity contribution in [1.29, 1.82) is 0 Å². The Morgan fingerprint density at radius 1 is 1.16 bits per heavy atom. The van der Waals surface area contributed by atoms with Crippen molar-refractivity contribution in [2.24, 2.45) is 22.9 Å². The number of hydrogen-bond acceptors (Lipinski definition) is 6. The molecule has 43 heavy (non-hydrogen) atoms. The van der Waals surface area contributed by atoms with E-state index in [4.69, 9.17) is 10.2 Å². The molecule has 2 fully saturated rings. The third kappa shape index (κ3) is 5.56. The fourth-order valence-electron chi connectivity index (χ4n) is 6.92. The number of fused-ring (bicyclic) bond motifs is 2. The first-order chi connectivity index (χ1) is 20.8. The first-order valence-electron chi connectivity index (χ1n) is 14.7. The van der Waals surface area contributed by atoms with E-state index in [0.717, 1.165) is 72.9 Å². The van der Waals surface area contributed by atoms with Crippen LogP contribution >= 0.6 is 23.3 Å². The lowest BCUT2D eigenvalue weighted by Crippen LogP contribution is -2.15. The summed E-state index contributed by atoms with van der Waals surface area (Å²) in [5.41, 5.74) is 6.17. The lowest BCUT2D eigenvalue weighted by atomic mass is 9.78. The first kappa shape index (κ1) is 28.4. The van der Waals surface area contributed by atoms with Gasteiger partial charge in [0.15, 0.2) is 5.69 Å². The molecule has 3 N–H and O–H groups in total. The van der Waals surface area contributed by atoms with Crippen LogP contribution in [0.1, 0.15) is 77.8 Å². The molecule has 2 bridgehead atoms. The average Bonchev–Trinajstić information content (AvgIpc) is 3.40. The number of nitrogens with zero attached hydrogens (tertiary/aromatic N) is 3. The Morgan fingerprint density at radius 3 is 2.72 bits per heavy atom. The summed E-state index contributed by atoms with van der Waals surface area (Å²) in [6, 6.07) is 10.3. The molecule has 0 amide bonds. The van der Waals surface area contributed by atoms with Crippen LogP contribution in [0.25, 0.3) is 16.4 Å². The Kier molecular flexibility index (Phi) is 7.47. The number of nitrogens with two attached hydrogens (primary N) is 1. The van der Waals surface area contributed by atoms with E-state index in [1.807, 2.05) is 12.1 Å². The highest BCUT2D eigenvalue weighted by Gasteiger charge is 2.36. The van der Waals surface area contributed by atoms with Gasteiger partial charge in [-0.05, 0) is 110 Å². The Balaban J connectivity index is 1.37. The van der Waals surface area contributed by atoms with Gasteiger partial charge in [0.2, 0.25) is 5.13 Å². The second-order valence-electron chi connectivity index (χ2n) is 12.3.